The topological polar surface area (TPSA) is 68.0 Å². The summed E-state index contributed by atoms with van der Waals surface area (Å²) in [4.78, 5) is 16.4. The quantitative estimate of drug-likeness (QED) is 0.691. The van der Waals surface area contributed by atoms with Crippen LogP contribution in [0.4, 0.5) is 5.13 Å². The van der Waals surface area contributed by atoms with Crippen molar-refractivity contribution in [3.63, 3.8) is 0 Å². The first-order valence-corrected chi connectivity index (χ1v) is 8.60. The number of amides is 1. The van der Waals surface area contributed by atoms with E-state index >= 15 is 0 Å². The minimum absolute atomic E-state index is 0. The van der Waals surface area contributed by atoms with E-state index in [0.717, 1.165) is 43.5 Å². The molecule has 2 rings (SSSR count). The molecule has 1 heterocycles. The smallest absolute Gasteiger partial charge is 0.226 e. The van der Waals surface area contributed by atoms with Gasteiger partial charge in [-0.05, 0) is 31.9 Å². The zero-order valence-electron chi connectivity index (χ0n) is 13.4. The molecule has 0 aliphatic rings. The fraction of sp³-hybridized carbons (Fsp3) is 0.412. The number of thiazole rings is 1. The van der Waals surface area contributed by atoms with E-state index in [1.807, 2.05) is 23.6 Å². The number of carbonyl (C=O) groups is 1. The number of hydrogen-bond donors (Lipinski definition) is 2. The molecule has 4 nitrogen and oxygen atoms in total. The summed E-state index contributed by atoms with van der Waals surface area (Å²) in [7, 11) is 0. The molecule has 2 aromatic rings. The van der Waals surface area contributed by atoms with E-state index in [1.54, 1.807) is 0 Å². The molecular weight excluding hydrogens is 330 g/mol. The molecule has 0 aliphatic heterocycles. The van der Waals surface area contributed by atoms with Crippen LogP contribution in [0.5, 0.6) is 0 Å². The number of anilines is 1. The minimum atomic E-state index is 0. The van der Waals surface area contributed by atoms with Gasteiger partial charge in [0.05, 0.1) is 5.69 Å². The van der Waals surface area contributed by atoms with Gasteiger partial charge in [0.25, 0.3) is 0 Å². The van der Waals surface area contributed by atoms with Gasteiger partial charge in [0.1, 0.15) is 0 Å². The van der Waals surface area contributed by atoms with Gasteiger partial charge in [-0.15, -0.1) is 23.7 Å². The van der Waals surface area contributed by atoms with Gasteiger partial charge in [-0.25, -0.2) is 4.98 Å². The van der Waals surface area contributed by atoms with E-state index in [4.69, 9.17) is 5.73 Å². The summed E-state index contributed by atoms with van der Waals surface area (Å²) >= 11 is 1.47. The maximum absolute atomic E-state index is 11.9. The van der Waals surface area contributed by atoms with Crippen LogP contribution in [0.25, 0.3) is 11.3 Å². The average molecular weight is 354 g/mol. The molecule has 0 bridgehead atoms. The van der Waals surface area contributed by atoms with E-state index in [2.05, 4.69) is 23.3 Å². The molecule has 1 aromatic carbocycles. The molecular formula is C17H24ClN3OS. The number of unbranched alkanes of at least 4 members (excludes halogenated alkanes) is 3. The van der Waals surface area contributed by atoms with Crippen LogP contribution >= 0.6 is 23.7 Å². The van der Waals surface area contributed by atoms with Crippen molar-refractivity contribution >= 4 is 34.8 Å². The van der Waals surface area contributed by atoms with Gasteiger partial charge in [0.2, 0.25) is 5.91 Å². The van der Waals surface area contributed by atoms with Crippen molar-refractivity contribution in [2.45, 2.75) is 39.0 Å². The number of aromatic nitrogens is 1. The second-order valence-corrected chi connectivity index (χ2v) is 6.21. The molecule has 0 atom stereocenters. The molecule has 0 unspecified atom stereocenters. The molecule has 3 N–H and O–H groups in total. The predicted molar refractivity (Wildman–Crippen MR) is 100 cm³/mol. The molecule has 1 aromatic heterocycles. The van der Waals surface area contributed by atoms with Gasteiger partial charge in [-0.3, -0.25) is 4.79 Å². The third-order valence-corrected chi connectivity index (χ3v) is 4.29. The number of rotatable bonds is 8. The van der Waals surface area contributed by atoms with Crippen molar-refractivity contribution in [1.82, 2.24) is 4.98 Å². The van der Waals surface area contributed by atoms with Crippen molar-refractivity contribution in [3.8, 4) is 11.3 Å². The van der Waals surface area contributed by atoms with Crippen LogP contribution in [0.1, 0.15) is 37.7 Å². The molecule has 0 saturated heterocycles. The van der Waals surface area contributed by atoms with Crippen LogP contribution in [0.15, 0.2) is 29.6 Å². The highest BCUT2D eigenvalue weighted by atomic mass is 35.5. The van der Waals surface area contributed by atoms with E-state index in [-0.39, 0.29) is 18.3 Å². The maximum Gasteiger partial charge on any atom is 0.226 e. The lowest BCUT2D eigenvalue weighted by Crippen LogP contribution is -2.10. The van der Waals surface area contributed by atoms with Crippen molar-refractivity contribution in [1.29, 1.82) is 0 Å². The Hall–Kier alpha value is -1.43. The van der Waals surface area contributed by atoms with E-state index < -0.39 is 0 Å². The van der Waals surface area contributed by atoms with Gasteiger partial charge < -0.3 is 11.1 Å². The zero-order valence-corrected chi connectivity index (χ0v) is 15.0. The van der Waals surface area contributed by atoms with E-state index in [1.165, 1.54) is 16.9 Å². The predicted octanol–water partition coefficient (Wildman–Crippen LogP) is 4.39. The lowest BCUT2D eigenvalue weighted by Gasteiger charge is -2.02. The normalized spacial score (nSPS) is 10.2. The largest absolute Gasteiger partial charge is 0.330 e. The van der Waals surface area contributed by atoms with E-state index in [9.17, 15) is 4.79 Å². The van der Waals surface area contributed by atoms with Crippen molar-refractivity contribution in [2.24, 2.45) is 5.73 Å². The summed E-state index contributed by atoms with van der Waals surface area (Å²) < 4.78 is 0. The van der Waals surface area contributed by atoms with Crippen LogP contribution in [-0.2, 0) is 4.79 Å². The second kappa shape index (κ2) is 10.4. The molecule has 0 spiro atoms. The first-order valence-electron chi connectivity index (χ1n) is 7.72. The molecule has 0 fully saturated rings. The maximum atomic E-state index is 11.9. The van der Waals surface area contributed by atoms with Crippen molar-refractivity contribution < 1.29 is 4.79 Å². The molecule has 1 amide bonds. The molecule has 6 heteroatoms. The highest BCUT2D eigenvalue weighted by Gasteiger charge is 2.09. The first-order chi connectivity index (χ1) is 10.7. The SMILES string of the molecule is Cc1ccccc1-c1csc(NC(=O)CCCCCCN)n1.Cl. The summed E-state index contributed by atoms with van der Waals surface area (Å²) in [5, 5.41) is 5.54. The summed E-state index contributed by atoms with van der Waals surface area (Å²) in [6.45, 7) is 2.79. The van der Waals surface area contributed by atoms with Crippen LogP contribution in [-0.4, -0.2) is 17.4 Å². The van der Waals surface area contributed by atoms with Crippen LogP contribution in [0, 0.1) is 6.92 Å². The summed E-state index contributed by atoms with van der Waals surface area (Å²) in [6, 6.07) is 8.13. The monoisotopic (exact) mass is 353 g/mol. The standard InChI is InChI=1S/C17H23N3OS.ClH/c1-13-8-5-6-9-14(13)15-12-22-17(19-15)20-16(21)10-4-2-3-7-11-18;/h5-6,8-9,12H,2-4,7,10-11,18H2,1H3,(H,19,20,21);1H. The minimum Gasteiger partial charge on any atom is -0.330 e. The number of hydrogen-bond acceptors (Lipinski definition) is 4. The zero-order chi connectivity index (χ0) is 15.8. The summed E-state index contributed by atoms with van der Waals surface area (Å²) in [5.41, 5.74) is 8.66. The Bertz CT molecular complexity index is 615. The Morgan fingerprint density at radius 2 is 1.96 bits per heavy atom. The number of aryl methyl sites for hydroxylation is 1. The molecule has 0 aliphatic carbocycles. The van der Waals surface area contributed by atoms with Gasteiger partial charge in [0, 0.05) is 17.4 Å². The molecule has 0 radical (unpaired) electrons. The molecule has 23 heavy (non-hydrogen) atoms. The fourth-order valence-corrected chi connectivity index (χ4v) is 3.01. The second-order valence-electron chi connectivity index (χ2n) is 5.35. The number of nitrogens with one attached hydrogen (secondary N) is 1. The number of carbonyl (C=O) groups excluding carboxylic acids is 1. The Labute approximate surface area is 147 Å². The third-order valence-electron chi connectivity index (χ3n) is 3.53. The fourth-order valence-electron chi connectivity index (χ4n) is 2.28. The lowest BCUT2D eigenvalue weighted by atomic mass is 10.1. The lowest BCUT2D eigenvalue weighted by molar-refractivity contribution is -0.116. The number of halogens is 1. The molecule has 126 valence electrons. The highest BCUT2D eigenvalue weighted by Crippen LogP contribution is 2.27. The Balaban J connectivity index is 0.00000264. The Morgan fingerprint density at radius 3 is 2.70 bits per heavy atom. The highest BCUT2D eigenvalue weighted by molar-refractivity contribution is 7.14. The van der Waals surface area contributed by atoms with Gasteiger partial charge >= 0.3 is 0 Å². The molecule has 0 saturated carbocycles. The summed E-state index contributed by atoms with van der Waals surface area (Å²) in [6.07, 6.45) is 4.63. The number of nitrogens with zero attached hydrogens (tertiary/aromatic N) is 1. The van der Waals surface area contributed by atoms with Gasteiger partial charge in [-0.1, -0.05) is 37.1 Å². The van der Waals surface area contributed by atoms with Crippen LogP contribution in [0.2, 0.25) is 0 Å². The van der Waals surface area contributed by atoms with E-state index in [0.29, 0.717) is 11.6 Å². The Morgan fingerprint density at radius 1 is 1.22 bits per heavy atom. The Kier molecular flexibility index (Phi) is 8.84. The van der Waals surface area contributed by atoms with Gasteiger partial charge in [0.15, 0.2) is 5.13 Å². The third kappa shape index (κ3) is 6.29. The van der Waals surface area contributed by atoms with Crippen molar-refractivity contribution in [3.05, 3.63) is 35.2 Å². The van der Waals surface area contributed by atoms with Crippen molar-refractivity contribution in [2.75, 3.05) is 11.9 Å². The van der Waals surface area contributed by atoms with Crippen LogP contribution < -0.4 is 11.1 Å². The first kappa shape index (κ1) is 19.6. The average Bonchev–Trinajstić information content (AvgIpc) is 2.95. The van der Waals surface area contributed by atoms with Crippen LogP contribution in [0.3, 0.4) is 0 Å². The summed E-state index contributed by atoms with van der Waals surface area (Å²) in [5.74, 6) is 0.0402. The number of nitrogens with two attached hydrogens (primary N) is 1. The van der Waals surface area contributed by atoms with Gasteiger partial charge in [-0.2, -0.15) is 0 Å². The number of benzene rings is 1.